The molecule has 8 heteroatoms. The Bertz CT molecular complexity index is 1240. The third-order valence-electron chi connectivity index (χ3n) is 4.91. The van der Waals surface area contributed by atoms with Crippen molar-refractivity contribution in [1.82, 2.24) is 20.3 Å². The Morgan fingerprint density at radius 2 is 1.74 bits per heavy atom. The molecule has 1 heterocycles. The van der Waals surface area contributed by atoms with Crippen molar-refractivity contribution in [1.29, 1.82) is 0 Å². The quantitative estimate of drug-likeness (QED) is 0.505. The van der Waals surface area contributed by atoms with Crippen LogP contribution in [0.2, 0.25) is 0 Å². The van der Waals surface area contributed by atoms with E-state index in [1.807, 2.05) is 30.3 Å². The van der Waals surface area contributed by atoms with Crippen LogP contribution in [0, 0.1) is 5.82 Å². The summed E-state index contributed by atoms with van der Waals surface area (Å²) in [5, 5.41) is 13.6. The molecule has 2 amide bonds. The number of rotatable bonds is 6. The number of hydrogen-bond acceptors (Lipinski definition) is 4. The molecule has 0 spiro atoms. The molecular formula is C23H20FN5O2. The van der Waals surface area contributed by atoms with E-state index in [2.05, 4.69) is 20.9 Å². The number of anilines is 1. The molecule has 1 unspecified atom stereocenters. The molecular weight excluding hydrogens is 397 g/mol. The number of aryl methyl sites for hydroxylation is 1. The number of fused-ring (bicyclic) bond motifs is 1. The predicted molar refractivity (Wildman–Crippen MR) is 115 cm³/mol. The van der Waals surface area contributed by atoms with Crippen molar-refractivity contribution in [3.8, 4) is 0 Å². The lowest BCUT2D eigenvalue weighted by Crippen LogP contribution is -2.45. The van der Waals surface area contributed by atoms with Crippen LogP contribution in [0.3, 0.4) is 0 Å². The van der Waals surface area contributed by atoms with Crippen LogP contribution in [0.4, 0.5) is 10.1 Å². The van der Waals surface area contributed by atoms with E-state index in [9.17, 15) is 14.0 Å². The van der Waals surface area contributed by atoms with E-state index in [1.165, 1.54) is 18.2 Å². The average Bonchev–Trinajstić information content (AvgIpc) is 3.16. The largest absolute Gasteiger partial charge is 0.340 e. The first kappa shape index (κ1) is 20.2. The van der Waals surface area contributed by atoms with E-state index in [0.29, 0.717) is 16.7 Å². The first-order valence-corrected chi connectivity index (χ1v) is 9.71. The summed E-state index contributed by atoms with van der Waals surface area (Å²) in [6.45, 7) is 0. The molecule has 4 aromatic rings. The average molecular weight is 417 g/mol. The van der Waals surface area contributed by atoms with Crippen molar-refractivity contribution >= 4 is 28.5 Å². The van der Waals surface area contributed by atoms with E-state index < -0.39 is 23.7 Å². The zero-order valence-electron chi connectivity index (χ0n) is 16.7. The number of aromatic nitrogens is 3. The number of amides is 2. The number of nitrogens with one attached hydrogen (secondary N) is 2. The molecule has 0 radical (unpaired) electrons. The second kappa shape index (κ2) is 8.74. The zero-order valence-corrected chi connectivity index (χ0v) is 16.7. The molecule has 1 aromatic heterocycles. The summed E-state index contributed by atoms with van der Waals surface area (Å²) in [6, 6.07) is 19.3. The SMILES string of the molecule is Cn1nnc2cccc(NC(=O)C(Cc3ccccc3)NC(=O)c3ccccc3F)c21. The minimum absolute atomic E-state index is 0.119. The van der Waals surface area contributed by atoms with Gasteiger partial charge in [0.2, 0.25) is 5.91 Å². The number of carbonyl (C=O) groups excluding carboxylic acids is 2. The van der Waals surface area contributed by atoms with Gasteiger partial charge >= 0.3 is 0 Å². The van der Waals surface area contributed by atoms with Gasteiger partial charge in [-0.1, -0.05) is 53.7 Å². The van der Waals surface area contributed by atoms with Gasteiger partial charge in [-0.05, 0) is 29.8 Å². The van der Waals surface area contributed by atoms with Gasteiger partial charge in [-0.3, -0.25) is 9.59 Å². The highest BCUT2D eigenvalue weighted by molar-refractivity contribution is 6.04. The van der Waals surface area contributed by atoms with Crippen molar-refractivity contribution in [2.45, 2.75) is 12.5 Å². The first-order chi connectivity index (χ1) is 15.0. The molecule has 0 aliphatic carbocycles. The Labute approximate surface area is 177 Å². The molecule has 0 saturated carbocycles. The normalized spacial score (nSPS) is 11.8. The molecule has 1 atom stereocenters. The molecule has 3 aromatic carbocycles. The minimum atomic E-state index is -0.925. The molecule has 4 rings (SSSR count). The van der Waals surface area contributed by atoms with E-state index in [1.54, 1.807) is 36.0 Å². The fourth-order valence-corrected chi connectivity index (χ4v) is 3.37. The number of hydrogen-bond donors (Lipinski definition) is 2. The van der Waals surface area contributed by atoms with Gasteiger partial charge in [-0.25, -0.2) is 9.07 Å². The topological polar surface area (TPSA) is 88.9 Å². The molecule has 0 fully saturated rings. The lowest BCUT2D eigenvalue weighted by atomic mass is 10.0. The van der Waals surface area contributed by atoms with Gasteiger partial charge in [0.15, 0.2) is 0 Å². The van der Waals surface area contributed by atoms with Gasteiger partial charge in [0.25, 0.3) is 5.91 Å². The Kier molecular flexibility index (Phi) is 5.70. The summed E-state index contributed by atoms with van der Waals surface area (Å²) in [7, 11) is 1.73. The first-order valence-electron chi connectivity index (χ1n) is 9.71. The van der Waals surface area contributed by atoms with Gasteiger partial charge in [0, 0.05) is 13.5 Å². The van der Waals surface area contributed by atoms with Gasteiger partial charge < -0.3 is 10.6 Å². The standard InChI is InChI=1S/C23H20FN5O2/c1-29-21-18(12-7-13-19(21)27-28-29)25-23(31)20(14-15-8-3-2-4-9-15)26-22(30)16-10-5-6-11-17(16)24/h2-13,20H,14H2,1H3,(H,25,31)(H,26,30). The maximum absolute atomic E-state index is 14.1. The molecule has 156 valence electrons. The van der Waals surface area contributed by atoms with Crippen LogP contribution in [0.1, 0.15) is 15.9 Å². The van der Waals surface area contributed by atoms with Crippen LogP contribution in [0.25, 0.3) is 11.0 Å². The van der Waals surface area contributed by atoms with Crippen molar-refractivity contribution in [3.05, 3.63) is 89.7 Å². The number of para-hydroxylation sites is 1. The van der Waals surface area contributed by atoms with E-state index >= 15 is 0 Å². The molecule has 0 bridgehead atoms. The molecule has 31 heavy (non-hydrogen) atoms. The van der Waals surface area contributed by atoms with Gasteiger partial charge in [-0.2, -0.15) is 0 Å². The van der Waals surface area contributed by atoms with Crippen LogP contribution in [-0.4, -0.2) is 32.9 Å². The Balaban J connectivity index is 1.61. The number of benzene rings is 3. The molecule has 7 nitrogen and oxygen atoms in total. The van der Waals surface area contributed by atoms with Gasteiger partial charge in [-0.15, -0.1) is 5.10 Å². The summed E-state index contributed by atoms with van der Waals surface area (Å²) < 4.78 is 15.6. The summed E-state index contributed by atoms with van der Waals surface area (Å²) in [6.07, 6.45) is 0.243. The third-order valence-corrected chi connectivity index (χ3v) is 4.91. The smallest absolute Gasteiger partial charge is 0.254 e. The summed E-state index contributed by atoms with van der Waals surface area (Å²) >= 11 is 0. The van der Waals surface area contributed by atoms with Crippen molar-refractivity contribution in [2.24, 2.45) is 7.05 Å². The lowest BCUT2D eigenvalue weighted by molar-refractivity contribution is -0.118. The third kappa shape index (κ3) is 4.42. The summed E-state index contributed by atoms with van der Waals surface area (Å²) in [5.74, 6) is -1.73. The van der Waals surface area contributed by atoms with Crippen molar-refractivity contribution < 1.29 is 14.0 Å². The van der Waals surface area contributed by atoms with Crippen LogP contribution in [0.5, 0.6) is 0 Å². The highest BCUT2D eigenvalue weighted by atomic mass is 19.1. The van der Waals surface area contributed by atoms with Crippen LogP contribution in [0.15, 0.2) is 72.8 Å². The molecule has 0 saturated heterocycles. The maximum atomic E-state index is 14.1. The number of halogens is 1. The van der Waals surface area contributed by atoms with Gasteiger partial charge in [0.05, 0.1) is 11.3 Å². The highest BCUT2D eigenvalue weighted by Gasteiger charge is 2.24. The summed E-state index contributed by atoms with van der Waals surface area (Å²) in [5.41, 5.74) is 2.56. The summed E-state index contributed by atoms with van der Waals surface area (Å²) in [4.78, 5) is 25.9. The Morgan fingerprint density at radius 1 is 1.00 bits per heavy atom. The van der Waals surface area contributed by atoms with Crippen LogP contribution < -0.4 is 10.6 Å². The second-order valence-corrected chi connectivity index (χ2v) is 7.07. The van der Waals surface area contributed by atoms with E-state index in [-0.39, 0.29) is 12.0 Å². The van der Waals surface area contributed by atoms with E-state index in [4.69, 9.17) is 0 Å². The molecule has 0 aliphatic heterocycles. The van der Waals surface area contributed by atoms with E-state index in [0.717, 1.165) is 5.56 Å². The Morgan fingerprint density at radius 3 is 2.52 bits per heavy atom. The fraction of sp³-hybridized carbons (Fsp3) is 0.130. The zero-order chi connectivity index (χ0) is 21.8. The monoisotopic (exact) mass is 417 g/mol. The van der Waals surface area contributed by atoms with Crippen molar-refractivity contribution in [3.63, 3.8) is 0 Å². The minimum Gasteiger partial charge on any atom is -0.340 e. The number of nitrogens with zero attached hydrogens (tertiary/aromatic N) is 3. The fourth-order valence-electron chi connectivity index (χ4n) is 3.37. The highest BCUT2D eigenvalue weighted by Crippen LogP contribution is 2.21. The second-order valence-electron chi connectivity index (χ2n) is 7.07. The lowest BCUT2D eigenvalue weighted by Gasteiger charge is -2.19. The van der Waals surface area contributed by atoms with Crippen molar-refractivity contribution in [2.75, 3.05) is 5.32 Å². The van der Waals surface area contributed by atoms with Gasteiger partial charge in [0.1, 0.15) is 22.9 Å². The number of carbonyl (C=O) groups is 2. The molecule has 2 N–H and O–H groups in total. The van der Waals surface area contributed by atoms with Crippen LogP contribution in [-0.2, 0) is 18.3 Å². The molecule has 0 aliphatic rings. The maximum Gasteiger partial charge on any atom is 0.254 e. The predicted octanol–water partition coefficient (Wildman–Crippen LogP) is 3.09. The van der Waals surface area contributed by atoms with Crippen LogP contribution >= 0.6 is 0 Å². The Hall–Kier alpha value is -4.07.